The highest BCUT2D eigenvalue weighted by Crippen LogP contribution is 2.21. The predicted octanol–water partition coefficient (Wildman–Crippen LogP) is -0.946. The third-order valence-corrected chi connectivity index (χ3v) is 6.09. The minimum atomic E-state index is -3.44. The highest BCUT2D eigenvalue weighted by molar-refractivity contribution is 7.89. The van der Waals surface area contributed by atoms with Crippen molar-refractivity contribution in [3.8, 4) is 0 Å². The minimum absolute atomic E-state index is 0.0910. The summed E-state index contributed by atoms with van der Waals surface area (Å²) in [6.07, 6.45) is 2.41. The smallest absolute Gasteiger partial charge is 0.274 e. The second-order valence-electron chi connectivity index (χ2n) is 6.05. The number of fused-ring (bicyclic) bond motifs is 1. The molecule has 3 rings (SSSR count). The van der Waals surface area contributed by atoms with E-state index in [1.807, 2.05) is 0 Å². The molecule has 2 atom stereocenters. The molecule has 0 spiro atoms. The molecule has 0 unspecified atom stereocenters. The molecule has 24 heavy (non-hydrogen) atoms. The number of aromatic nitrogens is 3. The number of carbonyl (C=O) groups is 1. The van der Waals surface area contributed by atoms with Gasteiger partial charge < -0.3 is 10.0 Å². The molecule has 1 fully saturated rings. The van der Waals surface area contributed by atoms with E-state index < -0.39 is 22.0 Å². The van der Waals surface area contributed by atoms with Crippen LogP contribution in [0.3, 0.4) is 0 Å². The number of nitrogens with zero attached hydrogens (tertiary/aromatic N) is 5. The quantitative estimate of drug-likeness (QED) is 0.759. The van der Waals surface area contributed by atoms with Crippen LogP contribution in [0.4, 0.5) is 0 Å². The lowest BCUT2D eigenvalue weighted by Crippen LogP contribution is -2.33. The van der Waals surface area contributed by atoms with E-state index in [1.165, 1.54) is 23.5 Å². The average molecular weight is 353 g/mol. The SMILES string of the molecule is CN(C)S(=O)(=O)C[C@@H]1CN(C(=O)c2cc3ncccn3n2)C[C@H]1O. The fraction of sp³-hybridized carbons (Fsp3) is 0.500. The van der Waals surface area contributed by atoms with Crippen LogP contribution in [0.5, 0.6) is 0 Å². The first kappa shape index (κ1) is 16.8. The van der Waals surface area contributed by atoms with Gasteiger partial charge in [-0.15, -0.1) is 0 Å². The first-order chi connectivity index (χ1) is 11.3. The summed E-state index contributed by atoms with van der Waals surface area (Å²) in [5.41, 5.74) is 0.768. The normalized spacial score (nSPS) is 21.8. The first-order valence-electron chi connectivity index (χ1n) is 7.46. The highest BCUT2D eigenvalue weighted by atomic mass is 32.2. The Morgan fingerprint density at radius 2 is 2.17 bits per heavy atom. The lowest BCUT2D eigenvalue weighted by molar-refractivity contribution is 0.0758. The summed E-state index contributed by atoms with van der Waals surface area (Å²) >= 11 is 0. The number of sulfonamides is 1. The highest BCUT2D eigenvalue weighted by Gasteiger charge is 2.38. The van der Waals surface area contributed by atoms with Crippen LogP contribution in [0, 0.1) is 5.92 Å². The van der Waals surface area contributed by atoms with Crippen LogP contribution in [0.25, 0.3) is 5.65 Å². The minimum Gasteiger partial charge on any atom is -0.391 e. The summed E-state index contributed by atoms with van der Waals surface area (Å²) < 4.78 is 26.6. The van der Waals surface area contributed by atoms with E-state index in [2.05, 4.69) is 10.1 Å². The van der Waals surface area contributed by atoms with E-state index in [4.69, 9.17) is 0 Å². The fourth-order valence-corrected chi connectivity index (χ4v) is 3.87. The standard InChI is InChI=1S/C14H19N5O4S/c1-17(2)24(22,23)9-10-7-18(8-12(10)20)14(21)11-6-13-15-4-3-5-19(13)16-11/h3-6,10,12,20H,7-9H2,1-2H3/t10-,12+/m0/s1. The van der Waals surface area contributed by atoms with Gasteiger partial charge in [-0.1, -0.05) is 0 Å². The molecule has 0 aromatic carbocycles. The van der Waals surface area contributed by atoms with Crippen molar-refractivity contribution in [1.82, 2.24) is 23.8 Å². The summed E-state index contributed by atoms with van der Waals surface area (Å²) in [6.45, 7) is 0.266. The molecule has 0 aliphatic carbocycles. The average Bonchev–Trinajstić information content (AvgIpc) is 3.10. The van der Waals surface area contributed by atoms with Gasteiger partial charge in [0, 0.05) is 51.6 Å². The topological polar surface area (TPSA) is 108 Å². The van der Waals surface area contributed by atoms with E-state index in [0.717, 1.165) is 4.31 Å². The Labute approximate surface area is 139 Å². The molecular formula is C14H19N5O4S. The third-order valence-electron chi connectivity index (χ3n) is 4.13. The lowest BCUT2D eigenvalue weighted by Gasteiger charge is -2.17. The summed E-state index contributed by atoms with van der Waals surface area (Å²) in [7, 11) is -0.548. The molecule has 2 aromatic heterocycles. The first-order valence-corrected chi connectivity index (χ1v) is 9.07. The van der Waals surface area contributed by atoms with E-state index in [1.54, 1.807) is 24.5 Å². The van der Waals surface area contributed by atoms with Gasteiger partial charge in [-0.3, -0.25) is 4.79 Å². The van der Waals surface area contributed by atoms with Gasteiger partial charge in [-0.05, 0) is 6.07 Å². The van der Waals surface area contributed by atoms with Crippen LogP contribution in [0.15, 0.2) is 24.5 Å². The molecule has 9 nitrogen and oxygen atoms in total. The van der Waals surface area contributed by atoms with E-state index in [9.17, 15) is 18.3 Å². The van der Waals surface area contributed by atoms with Crippen molar-refractivity contribution in [2.75, 3.05) is 32.9 Å². The summed E-state index contributed by atoms with van der Waals surface area (Å²) in [6, 6.07) is 3.27. The number of carbonyl (C=O) groups excluding carboxylic acids is 1. The van der Waals surface area contributed by atoms with Gasteiger partial charge in [0.1, 0.15) is 0 Å². The van der Waals surface area contributed by atoms with E-state index >= 15 is 0 Å². The maximum atomic E-state index is 12.6. The van der Waals surface area contributed by atoms with Gasteiger partial charge in [-0.2, -0.15) is 5.10 Å². The third kappa shape index (κ3) is 3.12. The van der Waals surface area contributed by atoms with E-state index in [-0.39, 0.29) is 30.4 Å². The van der Waals surface area contributed by atoms with Gasteiger partial charge >= 0.3 is 0 Å². The molecule has 0 bridgehead atoms. The Hall–Kier alpha value is -2.04. The van der Waals surface area contributed by atoms with Crippen molar-refractivity contribution in [2.45, 2.75) is 6.10 Å². The Bertz CT molecular complexity index is 830. The summed E-state index contributed by atoms with van der Waals surface area (Å²) in [4.78, 5) is 18.1. The van der Waals surface area contributed by atoms with Crippen molar-refractivity contribution in [3.05, 3.63) is 30.2 Å². The maximum absolute atomic E-state index is 12.6. The number of likely N-dealkylation sites (tertiary alicyclic amines) is 1. The Morgan fingerprint density at radius 1 is 1.42 bits per heavy atom. The van der Waals surface area contributed by atoms with Gasteiger partial charge in [0.15, 0.2) is 11.3 Å². The van der Waals surface area contributed by atoms with Crippen molar-refractivity contribution in [2.24, 2.45) is 5.92 Å². The van der Waals surface area contributed by atoms with Gasteiger partial charge in [0.05, 0.1) is 11.9 Å². The van der Waals surface area contributed by atoms with Crippen LogP contribution >= 0.6 is 0 Å². The predicted molar refractivity (Wildman–Crippen MR) is 85.9 cm³/mol. The zero-order chi connectivity index (χ0) is 17.5. The second kappa shape index (κ2) is 6.11. The zero-order valence-corrected chi connectivity index (χ0v) is 14.2. The molecule has 3 heterocycles. The van der Waals surface area contributed by atoms with Gasteiger partial charge in [0.25, 0.3) is 5.91 Å². The van der Waals surface area contributed by atoms with Crippen molar-refractivity contribution in [3.63, 3.8) is 0 Å². The van der Waals surface area contributed by atoms with Crippen molar-refractivity contribution < 1.29 is 18.3 Å². The lowest BCUT2D eigenvalue weighted by atomic mass is 10.1. The largest absolute Gasteiger partial charge is 0.391 e. The molecule has 0 saturated carbocycles. The Morgan fingerprint density at radius 3 is 2.83 bits per heavy atom. The fourth-order valence-electron chi connectivity index (χ4n) is 2.70. The number of β-amino-alcohol motifs (C(OH)–C–C–N with tert-alkyl or cyclic N) is 1. The molecule has 1 N–H and O–H groups in total. The summed E-state index contributed by atoms with van der Waals surface area (Å²) in [5.74, 6) is -1.06. The van der Waals surface area contributed by atoms with Crippen LogP contribution in [0.2, 0.25) is 0 Å². The molecule has 1 aliphatic rings. The number of rotatable bonds is 4. The van der Waals surface area contributed by atoms with E-state index in [0.29, 0.717) is 5.65 Å². The molecule has 10 heteroatoms. The number of hydrogen-bond donors (Lipinski definition) is 1. The zero-order valence-electron chi connectivity index (χ0n) is 13.4. The Balaban J connectivity index is 1.75. The van der Waals surface area contributed by atoms with Crippen molar-refractivity contribution in [1.29, 1.82) is 0 Å². The molecule has 1 aliphatic heterocycles. The molecule has 1 amide bonds. The number of amides is 1. The second-order valence-corrected chi connectivity index (χ2v) is 8.28. The van der Waals surface area contributed by atoms with Crippen molar-refractivity contribution >= 4 is 21.6 Å². The molecule has 130 valence electrons. The van der Waals surface area contributed by atoms with Crippen LogP contribution in [-0.4, -0.2) is 82.3 Å². The molecule has 1 saturated heterocycles. The van der Waals surface area contributed by atoms with Crippen LogP contribution < -0.4 is 0 Å². The van der Waals surface area contributed by atoms with Crippen LogP contribution in [0.1, 0.15) is 10.5 Å². The molecule has 0 radical (unpaired) electrons. The van der Waals surface area contributed by atoms with Gasteiger partial charge in [0.2, 0.25) is 10.0 Å². The number of aliphatic hydroxyl groups is 1. The maximum Gasteiger partial charge on any atom is 0.274 e. The summed E-state index contributed by atoms with van der Waals surface area (Å²) in [5, 5.41) is 14.3. The van der Waals surface area contributed by atoms with Crippen LogP contribution in [-0.2, 0) is 10.0 Å². The number of aliphatic hydroxyl groups excluding tert-OH is 1. The molecule has 2 aromatic rings. The monoisotopic (exact) mass is 353 g/mol. The Kier molecular flexibility index (Phi) is 4.28. The number of hydrogen-bond acceptors (Lipinski definition) is 6. The van der Waals surface area contributed by atoms with Gasteiger partial charge in [-0.25, -0.2) is 22.2 Å². The molecular weight excluding hydrogens is 334 g/mol.